The van der Waals surface area contributed by atoms with Crippen LogP contribution in [0.5, 0.6) is 0 Å². The standard InChI is InChI=1S/C18H15N3O3Se2/c19-11-12-24-17(23)20(14-7-3-1-4-8-14)13-16(22)21(18-25-26-18)15-9-5-2-6-10-15/h1-10,18H,12-13H2. The minimum absolute atomic E-state index is 0.133. The molecule has 0 radical (unpaired) electrons. The van der Waals surface area contributed by atoms with Crippen LogP contribution < -0.4 is 9.80 Å². The number of rotatable bonds is 6. The Labute approximate surface area is 162 Å². The summed E-state index contributed by atoms with van der Waals surface area (Å²) in [6.45, 7) is -0.487. The molecule has 0 bridgehead atoms. The van der Waals surface area contributed by atoms with Crippen molar-refractivity contribution in [2.45, 2.75) is 3.84 Å². The number of carbonyl (C=O) groups is 2. The van der Waals surface area contributed by atoms with E-state index in [1.807, 2.05) is 36.4 Å². The summed E-state index contributed by atoms with van der Waals surface area (Å²) in [5.74, 6) is -0.153. The summed E-state index contributed by atoms with van der Waals surface area (Å²) in [7, 11) is 0. The van der Waals surface area contributed by atoms with Crippen molar-refractivity contribution >= 4 is 49.6 Å². The third-order valence-corrected chi connectivity index (χ3v) is 9.16. The van der Waals surface area contributed by atoms with Crippen LogP contribution in [0.2, 0.25) is 0 Å². The van der Waals surface area contributed by atoms with Crippen LogP contribution >= 0.6 is 0 Å². The molecule has 1 saturated heterocycles. The topological polar surface area (TPSA) is 73.6 Å². The van der Waals surface area contributed by atoms with Gasteiger partial charge in [0.25, 0.3) is 0 Å². The van der Waals surface area contributed by atoms with Gasteiger partial charge in [0.15, 0.2) is 0 Å². The third-order valence-electron chi connectivity index (χ3n) is 3.54. The van der Waals surface area contributed by atoms with Gasteiger partial charge in [-0.15, -0.1) is 0 Å². The molecule has 2 amide bonds. The first-order chi connectivity index (χ1) is 12.7. The Balaban J connectivity index is 1.82. The molecule has 8 heteroatoms. The summed E-state index contributed by atoms with van der Waals surface area (Å²) in [6.07, 6.45) is -0.703. The third kappa shape index (κ3) is 4.66. The van der Waals surface area contributed by atoms with Gasteiger partial charge >= 0.3 is 163 Å². The SMILES string of the molecule is N#CCOC(=O)N(CC(=O)N(c1ccccc1)C1[Se][Se]1)c1ccccc1. The normalized spacial score (nSPS) is 12.7. The number of nitriles is 1. The first kappa shape index (κ1) is 18.5. The molecule has 1 fully saturated rings. The van der Waals surface area contributed by atoms with Gasteiger partial charge in [-0.05, 0) is 0 Å². The van der Waals surface area contributed by atoms with E-state index in [0.717, 1.165) is 5.69 Å². The number of para-hydroxylation sites is 2. The van der Waals surface area contributed by atoms with Crippen molar-refractivity contribution in [1.29, 1.82) is 5.26 Å². The monoisotopic (exact) mass is 481 g/mol. The quantitative estimate of drug-likeness (QED) is 0.593. The number of carbonyl (C=O) groups excluding carboxylic acids is 2. The van der Waals surface area contributed by atoms with Crippen LogP contribution in [-0.4, -0.2) is 55.3 Å². The van der Waals surface area contributed by atoms with Gasteiger partial charge in [0.05, 0.1) is 0 Å². The van der Waals surface area contributed by atoms with Crippen molar-refractivity contribution in [3.8, 4) is 6.07 Å². The van der Waals surface area contributed by atoms with Crippen molar-refractivity contribution < 1.29 is 14.3 Å². The van der Waals surface area contributed by atoms with E-state index in [2.05, 4.69) is 0 Å². The molecule has 2 aromatic carbocycles. The van der Waals surface area contributed by atoms with Gasteiger partial charge in [0.1, 0.15) is 0 Å². The summed E-state index contributed by atoms with van der Waals surface area (Å²) in [4.78, 5) is 28.5. The molecule has 0 unspecified atom stereocenters. The van der Waals surface area contributed by atoms with Gasteiger partial charge in [-0.3, -0.25) is 0 Å². The second-order valence-electron chi connectivity index (χ2n) is 5.23. The van der Waals surface area contributed by atoms with Crippen molar-refractivity contribution in [3.05, 3.63) is 60.7 Å². The van der Waals surface area contributed by atoms with E-state index >= 15 is 0 Å². The molecule has 6 nitrogen and oxygen atoms in total. The van der Waals surface area contributed by atoms with Crippen LogP contribution in [0.15, 0.2) is 60.7 Å². The molecule has 2 aromatic rings. The molecule has 1 aliphatic heterocycles. The van der Waals surface area contributed by atoms with Crippen LogP contribution in [0.4, 0.5) is 16.2 Å². The Morgan fingerprint density at radius 3 is 2.12 bits per heavy atom. The maximum atomic E-state index is 13.0. The van der Waals surface area contributed by atoms with Gasteiger partial charge in [0, 0.05) is 0 Å². The van der Waals surface area contributed by atoms with Gasteiger partial charge in [-0.1, -0.05) is 0 Å². The average Bonchev–Trinajstić information content (AvgIpc) is 3.51. The second kappa shape index (κ2) is 8.88. The zero-order valence-electron chi connectivity index (χ0n) is 13.6. The predicted octanol–water partition coefficient (Wildman–Crippen LogP) is 1.81. The summed E-state index contributed by atoms with van der Waals surface area (Å²) in [5, 5.41) is 8.65. The molecule has 0 atom stereocenters. The van der Waals surface area contributed by atoms with Crippen molar-refractivity contribution in [3.63, 3.8) is 0 Å². The summed E-state index contributed by atoms with van der Waals surface area (Å²) >= 11 is 0.939. The van der Waals surface area contributed by atoms with E-state index in [0.29, 0.717) is 32.0 Å². The van der Waals surface area contributed by atoms with E-state index in [-0.39, 0.29) is 22.9 Å². The van der Waals surface area contributed by atoms with Crippen LogP contribution in [0.1, 0.15) is 0 Å². The molecular formula is C18H15N3O3Se2. The Morgan fingerprint density at radius 1 is 1.00 bits per heavy atom. The molecule has 26 heavy (non-hydrogen) atoms. The number of anilines is 2. The Kier molecular flexibility index (Phi) is 6.32. The fourth-order valence-electron chi connectivity index (χ4n) is 2.34. The van der Waals surface area contributed by atoms with E-state index in [1.165, 1.54) is 4.90 Å². The first-order valence-electron chi connectivity index (χ1n) is 7.76. The zero-order valence-corrected chi connectivity index (χ0v) is 17.1. The van der Waals surface area contributed by atoms with E-state index < -0.39 is 6.09 Å². The number of benzene rings is 2. The van der Waals surface area contributed by atoms with Gasteiger partial charge in [-0.25, -0.2) is 0 Å². The average molecular weight is 479 g/mol. The molecule has 0 N–H and O–H groups in total. The predicted molar refractivity (Wildman–Crippen MR) is 100.0 cm³/mol. The Hall–Kier alpha value is -2.29. The van der Waals surface area contributed by atoms with Crippen LogP contribution in [-0.2, 0) is 9.53 Å². The van der Waals surface area contributed by atoms with E-state index in [9.17, 15) is 9.59 Å². The van der Waals surface area contributed by atoms with Crippen LogP contribution in [0.25, 0.3) is 0 Å². The molecule has 0 saturated carbocycles. The van der Waals surface area contributed by atoms with Gasteiger partial charge in [-0.2, -0.15) is 0 Å². The van der Waals surface area contributed by atoms with Gasteiger partial charge < -0.3 is 0 Å². The molecule has 3 rings (SSSR count). The van der Waals surface area contributed by atoms with Gasteiger partial charge in [0.2, 0.25) is 0 Å². The second-order valence-corrected chi connectivity index (χ2v) is 13.6. The molecule has 0 aromatic heterocycles. The molecule has 132 valence electrons. The number of ether oxygens (including phenoxy) is 1. The Bertz CT molecular complexity index is 807. The number of nitrogens with zero attached hydrogens (tertiary/aromatic N) is 3. The van der Waals surface area contributed by atoms with Crippen LogP contribution in [0, 0.1) is 11.3 Å². The van der Waals surface area contributed by atoms with Crippen molar-refractivity contribution in [2.24, 2.45) is 0 Å². The summed E-state index contributed by atoms with van der Waals surface area (Å²) in [6, 6.07) is 20.2. The summed E-state index contributed by atoms with van der Waals surface area (Å²) in [5.41, 5.74) is 1.41. The first-order valence-corrected chi connectivity index (χ1v) is 14.1. The molecule has 1 heterocycles. The van der Waals surface area contributed by atoms with Crippen molar-refractivity contribution in [1.82, 2.24) is 0 Å². The Morgan fingerprint density at radius 2 is 1.58 bits per heavy atom. The molecular weight excluding hydrogens is 464 g/mol. The number of hydrogen-bond donors (Lipinski definition) is 0. The number of amides is 2. The maximum absolute atomic E-state index is 13.0. The molecule has 1 aliphatic rings. The molecule has 0 spiro atoms. The fourth-order valence-corrected chi connectivity index (χ4v) is 6.22. The van der Waals surface area contributed by atoms with E-state index in [4.69, 9.17) is 10.00 Å². The molecule has 0 aliphatic carbocycles. The van der Waals surface area contributed by atoms with E-state index in [1.54, 1.807) is 35.2 Å². The van der Waals surface area contributed by atoms with Crippen LogP contribution in [0.3, 0.4) is 0 Å². The minimum atomic E-state index is -0.703. The summed E-state index contributed by atoms with van der Waals surface area (Å²) < 4.78 is 5.22. The number of hydrogen-bond acceptors (Lipinski definition) is 4. The fraction of sp³-hybridized carbons (Fsp3) is 0.167. The zero-order chi connectivity index (χ0) is 18.4. The van der Waals surface area contributed by atoms with Crippen molar-refractivity contribution in [2.75, 3.05) is 23.0 Å².